The van der Waals surface area contributed by atoms with E-state index in [2.05, 4.69) is 90.2 Å². The van der Waals surface area contributed by atoms with Crippen molar-refractivity contribution in [2.24, 2.45) is 41.4 Å². The molecular formula is C25H45IO2Si. The lowest BCUT2D eigenvalue weighted by Gasteiger charge is -2.49. The first kappa shape index (κ1) is 25.6. The topological polar surface area (TPSA) is 26.3 Å². The van der Waals surface area contributed by atoms with E-state index in [-0.39, 0.29) is 5.04 Å². The second-order valence-corrected chi connectivity index (χ2v) is 17.5. The summed E-state index contributed by atoms with van der Waals surface area (Å²) in [5.74, 6) is 4.38. The van der Waals surface area contributed by atoms with Gasteiger partial charge in [0.1, 0.15) is 5.78 Å². The summed E-state index contributed by atoms with van der Waals surface area (Å²) in [6, 6.07) is 0. The Bertz CT molecular complexity index is 604. The molecule has 1 fully saturated rings. The minimum atomic E-state index is -1.77. The summed E-state index contributed by atoms with van der Waals surface area (Å²) in [5, 5.41) is 0.237. The monoisotopic (exact) mass is 532 g/mol. The Morgan fingerprint density at radius 1 is 1.14 bits per heavy atom. The zero-order chi connectivity index (χ0) is 22.1. The molecule has 0 radical (unpaired) electrons. The van der Waals surface area contributed by atoms with Crippen LogP contribution in [0.5, 0.6) is 0 Å². The minimum Gasteiger partial charge on any atom is -0.417 e. The Hall–Kier alpha value is 0.317. The SMILES string of the molecule is CC1=C[C@@H]2[C@H]([C@H](C)CI)CC(=O)C[C@@H]2[C@H]([C@H](CO[Si](C)(C)C(C)(C)C)C(C)C)C1. The average Bonchev–Trinajstić information content (AvgIpc) is 2.59. The van der Waals surface area contributed by atoms with Gasteiger partial charge in [0.2, 0.25) is 0 Å². The summed E-state index contributed by atoms with van der Waals surface area (Å²) >= 11 is 2.50. The van der Waals surface area contributed by atoms with Crippen LogP contribution in [0.25, 0.3) is 0 Å². The number of allylic oxidation sites excluding steroid dienone is 2. The van der Waals surface area contributed by atoms with Crippen molar-refractivity contribution in [3.63, 3.8) is 0 Å². The molecule has 29 heavy (non-hydrogen) atoms. The second kappa shape index (κ2) is 9.85. The molecule has 0 unspecified atom stereocenters. The molecule has 2 nitrogen and oxygen atoms in total. The van der Waals surface area contributed by atoms with Gasteiger partial charge >= 0.3 is 0 Å². The highest BCUT2D eigenvalue weighted by Crippen LogP contribution is 2.50. The second-order valence-electron chi connectivity index (χ2n) is 11.8. The van der Waals surface area contributed by atoms with Crippen LogP contribution in [0, 0.1) is 41.4 Å². The van der Waals surface area contributed by atoms with Crippen LogP contribution in [-0.4, -0.2) is 25.1 Å². The molecule has 0 aromatic heterocycles. The molecule has 1 saturated carbocycles. The van der Waals surface area contributed by atoms with Gasteiger partial charge in [0.15, 0.2) is 8.32 Å². The molecule has 4 heteroatoms. The van der Waals surface area contributed by atoms with Crippen molar-refractivity contribution < 1.29 is 9.22 Å². The fourth-order valence-electron chi connectivity index (χ4n) is 5.30. The number of hydrogen-bond acceptors (Lipinski definition) is 2. The molecule has 0 bridgehead atoms. The van der Waals surface area contributed by atoms with Crippen molar-refractivity contribution in [3.05, 3.63) is 11.6 Å². The number of fused-ring (bicyclic) bond motifs is 1. The number of Topliss-reactive ketones (excluding diaryl/α,β-unsaturated/α-hetero) is 1. The van der Waals surface area contributed by atoms with E-state index < -0.39 is 8.32 Å². The first-order valence-corrected chi connectivity index (χ1v) is 16.1. The van der Waals surface area contributed by atoms with Gasteiger partial charge in [-0.2, -0.15) is 0 Å². The Labute approximate surface area is 195 Å². The van der Waals surface area contributed by atoms with Crippen LogP contribution in [0.15, 0.2) is 11.6 Å². The maximum absolute atomic E-state index is 12.8. The Morgan fingerprint density at radius 3 is 2.28 bits per heavy atom. The third-order valence-corrected chi connectivity index (χ3v) is 14.2. The number of halogens is 1. The first-order valence-electron chi connectivity index (χ1n) is 11.7. The van der Waals surface area contributed by atoms with Crippen LogP contribution in [0.4, 0.5) is 0 Å². The van der Waals surface area contributed by atoms with Crippen LogP contribution in [-0.2, 0) is 9.22 Å². The summed E-state index contributed by atoms with van der Waals surface area (Å²) in [6.45, 7) is 21.9. The van der Waals surface area contributed by atoms with E-state index in [0.717, 1.165) is 30.3 Å². The summed E-state index contributed by atoms with van der Waals surface area (Å²) in [5.41, 5.74) is 1.54. The smallest absolute Gasteiger partial charge is 0.191 e. The number of carbonyl (C=O) groups is 1. The Balaban J connectivity index is 2.29. The molecular weight excluding hydrogens is 487 g/mol. The van der Waals surface area contributed by atoms with E-state index >= 15 is 0 Å². The van der Waals surface area contributed by atoms with E-state index in [4.69, 9.17) is 4.43 Å². The van der Waals surface area contributed by atoms with Gasteiger partial charge in [-0.1, -0.05) is 75.8 Å². The maximum Gasteiger partial charge on any atom is 0.191 e. The Kier molecular flexibility index (Phi) is 8.69. The van der Waals surface area contributed by atoms with E-state index in [9.17, 15) is 4.79 Å². The van der Waals surface area contributed by atoms with Gasteiger partial charge in [-0.25, -0.2) is 0 Å². The number of carbonyl (C=O) groups excluding carboxylic acids is 1. The molecule has 0 aromatic carbocycles. The van der Waals surface area contributed by atoms with Crippen molar-refractivity contribution in [2.45, 2.75) is 85.9 Å². The van der Waals surface area contributed by atoms with Crippen LogP contribution < -0.4 is 0 Å². The minimum absolute atomic E-state index is 0.237. The highest BCUT2D eigenvalue weighted by molar-refractivity contribution is 14.1. The highest BCUT2D eigenvalue weighted by atomic mass is 127. The molecule has 0 saturated heterocycles. The molecule has 0 amide bonds. The fraction of sp³-hybridized carbons (Fsp3) is 0.880. The fourth-order valence-corrected chi connectivity index (χ4v) is 6.99. The van der Waals surface area contributed by atoms with E-state index in [0.29, 0.717) is 47.2 Å². The van der Waals surface area contributed by atoms with Crippen molar-refractivity contribution in [1.29, 1.82) is 0 Å². The van der Waals surface area contributed by atoms with Gasteiger partial charge in [0.25, 0.3) is 0 Å². The molecule has 0 aromatic rings. The molecule has 0 heterocycles. The largest absolute Gasteiger partial charge is 0.417 e. The third kappa shape index (κ3) is 5.97. The number of hydrogen-bond donors (Lipinski definition) is 0. The lowest BCUT2D eigenvalue weighted by molar-refractivity contribution is -0.127. The van der Waals surface area contributed by atoms with Crippen molar-refractivity contribution in [3.8, 4) is 0 Å². The third-order valence-electron chi connectivity index (χ3n) is 8.32. The summed E-state index contributed by atoms with van der Waals surface area (Å²) < 4.78 is 7.88. The van der Waals surface area contributed by atoms with Crippen molar-refractivity contribution in [2.75, 3.05) is 11.0 Å². The van der Waals surface area contributed by atoms with Gasteiger partial charge in [-0.05, 0) is 72.9 Å². The van der Waals surface area contributed by atoms with Crippen LogP contribution >= 0.6 is 22.6 Å². The molecule has 6 atom stereocenters. The molecule has 0 spiro atoms. The van der Waals surface area contributed by atoms with Gasteiger partial charge in [-0.15, -0.1) is 0 Å². The van der Waals surface area contributed by atoms with Crippen LogP contribution in [0.1, 0.15) is 67.7 Å². The van der Waals surface area contributed by atoms with E-state index in [1.165, 1.54) is 5.57 Å². The molecule has 2 aliphatic carbocycles. The highest BCUT2D eigenvalue weighted by Gasteiger charge is 2.47. The number of alkyl halides is 1. The summed E-state index contributed by atoms with van der Waals surface area (Å²) in [6.07, 6.45) is 5.26. The normalized spacial score (nSPS) is 30.7. The molecule has 2 rings (SSSR count). The quantitative estimate of drug-likeness (QED) is 0.147. The predicted molar refractivity (Wildman–Crippen MR) is 136 cm³/mol. The van der Waals surface area contributed by atoms with Gasteiger partial charge in [0.05, 0.1) is 0 Å². The zero-order valence-electron chi connectivity index (χ0n) is 20.3. The predicted octanol–water partition coefficient (Wildman–Crippen LogP) is 7.53. The van der Waals surface area contributed by atoms with Gasteiger partial charge in [-0.3, -0.25) is 4.79 Å². The summed E-state index contributed by atoms with van der Waals surface area (Å²) in [4.78, 5) is 12.8. The molecule has 2 aliphatic rings. The standard InChI is InChI=1S/C25H45IO2Si/c1-16(2)24(15-28-29(8,9)25(5,6)7)22-11-17(3)10-21-20(18(4)14-26)12-19(27)13-23(21)22/h10,16,18,20-24H,11-15H2,1-9H3/t18-,20+,21-,22-,23+,24-/m1/s1. The molecule has 0 N–H and O–H groups in total. The lowest BCUT2D eigenvalue weighted by atomic mass is 9.57. The van der Waals surface area contributed by atoms with Gasteiger partial charge in [0, 0.05) is 23.9 Å². The first-order chi connectivity index (χ1) is 13.3. The zero-order valence-corrected chi connectivity index (χ0v) is 23.5. The average molecular weight is 533 g/mol. The number of ketones is 1. The van der Waals surface area contributed by atoms with Crippen LogP contribution in [0.3, 0.4) is 0 Å². The lowest BCUT2D eigenvalue weighted by Crippen LogP contribution is -2.47. The summed E-state index contributed by atoms with van der Waals surface area (Å²) in [7, 11) is -1.77. The van der Waals surface area contributed by atoms with Crippen molar-refractivity contribution >= 4 is 36.7 Å². The van der Waals surface area contributed by atoms with Crippen molar-refractivity contribution in [1.82, 2.24) is 0 Å². The molecule has 0 aliphatic heterocycles. The van der Waals surface area contributed by atoms with Crippen LogP contribution in [0.2, 0.25) is 18.1 Å². The van der Waals surface area contributed by atoms with Gasteiger partial charge < -0.3 is 4.43 Å². The van der Waals surface area contributed by atoms with E-state index in [1.54, 1.807) is 0 Å². The number of rotatable bonds is 7. The Morgan fingerprint density at radius 2 is 1.76 bits per heavy atom. The molecule has 168 valence electrons. The van der Waals surface area contributed by atoms with E-state index in [1.807, 2.05) is 0 Å². The maximum atomic E-state index is 12.8.